The third-order valence-corrected chi connectivity index (χ3v) is 8.14. The van der Waals surface area contributed by atoms with Crippen LogP contribution in [0.5, 0.6) is 5.75 Å². The fraction of sp³-hybridized carbons (Fsp3) is 0.167. The van der Waals surface area contributed by atoms with E-state index in [2.05, 4.69) is 10.5 Å². The van der Waals surface area contributed by atoms with Crippen molar-refractivity contribution in [1.29, 1.82) is 0 Å². The number of ether oxygens (including phenoxy) is 1. The highest BCUT2D eigenvalue weighted by Gasteiger charge is 2.28. The molecule has 0 bridgehead atoms. The molecular weight excluding hydrogens is 504 g/mol. The molecule has 4 rings (SSSR count). The molecule has 1 N–H and O–H groups in total. The predicted molar refractivity (Wildman–Crippen MR) is 138 cm³/mol. The molecule has 0 unspecified atom stereocenters. The molecule has 1 aliphatic rings. The highest BCUT2D eigenvalue weighted by atomic mass is 32.2. The number of rotatable bonds is 10. The van der Waals surface area contributed by atoms with Gasteiger partial charge in [0.25, 0.3) is 21.6 Å². The molecule has 3 aromatic carbocycles. The van der Waals surface area contributed by atoms with Gasteiger partial charge in [-0.1, -0.05) is 24.3 Å². The Morgan fingerprint density at radius 3 is 2.47 bits per heavy atom. The van der Waals surface area contributed by atoms with Gasteiger partial charge in [-0.2, -0.15) is 16.9 Å². The first kappa shape index (κ1) is 25.2. The predicted octanol–water partition coefficient (Wildman–Crippen LogP) is 3.43. The number of carbonyl (C=O) groups is 1. The van der Waals surface area contributed by atoms with Gasteiger partial charge in [-0.3, -0.25) is 19.2 Å². The number of hydrogen-bond acceptors (Lipinski definition) is 8. The van der Waals surface area contributed by atoms with Gasteiger partial charge in [-0.15, -0.1) is 0 Å². The SMILES string of the molecule is O=C(CN(c1cccc([N+](=O)[O-])c1)S(=O)(=O)c1ccccc1)N/N=C/c1ccc(OC2CSC2)cc1. The zero-order chi connectivity index (χ0) is 25.5. The van der Waals surface area contributed by atoms with Crippen LogP contribution in [0.15, 0.2) is 88.9 Å². The molecule has 0 aromatic heterocycles. The van der Waals surface area contributed by atoms with Gasteiger partial charge in [0.2, 0.25) is 0 Å². The fourth-order valence-electron chi connectivity index (χ4n) is 3.25. The number of nitrogens with zero attached hydrogens (tertiary/aromatic N) is 3. The number of nitro benzene ring substituents is 1. The van der Waals surface area contributed by atoms with Crippen LogP contribution >= 0.6 is 11.8 Å². The minimum atomic E-state index is -4.20. The monoisotopic (exact) mass is 526 g/mol. The Labute approximate surface area is 212 Å². The number of nitrogens with one attached hydrogen (secondary N) is 1. The second-order valence-corrected chi connectivity index (χ2v) is 10.7. The number of sulfonamides is 1. The Kier molecular flexibility index (Phi) is 7.86. The molecular formula is C24H22N4O6S2. The number of hydrogen-bond donors (Lipinski definition) is 1. The third kappa shape index (κ3) is 6.20. The highest BCUT2D eigenvalue weighted by Crippen LogP contribution is 2.27. The summed E-state index contributed by atoms with van der Waals surface area (Å²) >= 11 is 1.83. The van der Waals surface area contributed by atoms with E-state index in [0.29, 0.717) is 5.56 Å². The lowest BCUT2D eigenvalue weighted by Crippen LogP contribution is -2.39. The van der Waals surface area contributed by atoms with E-state index in [0.717, 1.165) is 27.6 Å². The third-order valence-electron chi connectivity index (χ3n) is 5.14. The summed E-state index contributed by atoms with van der Waals surface area (Å²) in [7, 11) is -4.20. The van der Waals surface area contributed by atoms with Gasteiger partial charge in [0.1, 0.15) is 18.4 Å². The van der Waals surface area contributed by atoms with Crippen molar-refractivity contribution in [2.45, 2.75) is 11.0 Å². The maximum Gasteiger partial charge on any atom is 0.271 e. The van der Waals surface area contributed by atoms with Gasteiger partial charge in [0, 0.05) is 23.6 Å². The van der Waals surface area contributed by atoms with Gasteiger partial charge < -0.3 is 4.74 Å². The minimum Gasteiger partial charge on any atom is -0.489 e. The molecule has 0 radical (unpaired) electrons. The number of hydrazone groups is 1. The molecule has 0 aliphatic carbocycles. The molecule has 1 saturated heterocycles. The summed E-state index contributed by atoms with van der Waals surface area (Å²) in [6.45, 7) is -0.637. The molecule has 12 heteroatoms. The maximum atomic E-state index is 13.3. The van der Waals surface area contributed by atoms with Crippen LogP contribution in [0.25, 0.3) is 0 Å². The molecule has 0 saturated carbocycles. The number of benzene rings is 3. The maximum absolute atomic E-state index is 13.3. The lowest BCUT2D eigenvalue weighted by atomic mass is 10.2. The van der Waals surface area contributed by atoms with E-state index in [4.69, 9.17) is 4.74 Å². The number of nitro groups is 1. The Balaban J connectivity index is 1.48. The lowest BCUT2D eigenvalue weighted by Gasteiger charge is -2.25. The van der Waals surface area contributed by atoms with Gasteiger partial charge in [-0.25, -0.2) is 13.8 Å². The zero-order valence-electron chi connectivity index (χ0n) is 18.9. The molecule has 1 heterocycles. The molecule has 0 spiro atoms. The van der Waals surface area contributed by atoms with Crippen LogP contribution in [0.4, 0.5) is 11.4 Å². The molecule has 1 aliphatic heterocycles. The highest BCUT2D eigenvalue weighted by molar-refractivity contribution is 8.00. The lowest BCUT2D eigenvalue weighted by molar-refractivity contribution is -0.384. The smallest absolute Gasteiger partial charge is 0.271 e. The van der Waals surface area contributed by atoms with Crippen molar-refractivity contribution in [3.8, 4) is 5.75 Å². The topological polar surface area (TPSA) is 131 Å². The van der Waals surface area contributed by atoms with Gasteiger partial charge in [-0.05, 0) is 48.0 Å². The summed E-state index contributed by atoms with van der Waals surface area (Å²) in [6, 6.07) is 19.8. The number of non-ortho nitro benzene ring substituents is 1. The minimum absolute atomic E-state index is 0.0207. The van der Waals surface area contributed by atoms with Crippen LogP contribution in [0.3, 0.4) is 0 Å². The Hall–Kier alpha value is -3.90. The molecule has 0 atom stereocenters. The average molecular weight is 527 g/mol. The van der Waals surface area contributed by atoms with Crippen molar-refractivity contribution in [2.75, 3.05) is 22.4 Å². The second kappa shape index (κ2) is 11.2. The standard InChI is InChI=1S/C24H22N4O6S2/c29-24(26-25-14-18-9-11-21(12-10-18)34-22-16-35-17-22)15-27(19-5-4-6-20(13-19)28(30)31)36(32,33)23-7-2-1-3-8-23/h1-14,22H,15-17H2,(H,26,29)/b25-14+. The molecule has 1 fully saturated rings. The first-order chi connectivity index (χ1) is 17.3. The Morgan fingerprint density at radius 2 is 1.83 bits per heavy atom. The van der Waals surface area contributed by atoms with Crippen molar-refractivity contribution in [2.24, 2.45) is 5.10 Å². The quantitative estimate of drug-likeness (QED) is 0.243. The van der Waals surface area contributed by atoms with Crippen LogP contribution in [0.2, 0.25) is 0 Å². The number of amides is 1. The van der Waals surface area contributed by atoms with E-state index in [1.54, 1.807) is 30.3 Å². The Morgan fingerprint density at radius 1 is 1.11 bits per heavy atom. The van der Waals surface area contributed by atoms with Crippen LogP contribution < -0.4 is 14.5 Å². The summed E-state index contributed by atoms with van der Waals surface area (Å²) < 4.78 is 33.2. The van der Waals surface area contributed by atoms with E-state index in [9.17, 15) is 23.3 Å². The fourth-order valence-corrected chi connectivity index (χ4v) is 5.25. The van der Waals surface area contributed by atoms with Gasteiger partial charge in [0.15, 0.2) is 0 Å². The van der Waals surface area contributed by atoms with Crippen LogP contribution in [-0.4, -0.2) is 49.6 Å². The van der Waals surface area contributed by atoms with Gasteiger partial charge >= 0.3 is 0 Å². The number of carbonyl (C=O) groups excluding carboxylic acids is 1. The summed E-state index contributed by atoms with van der Waals surface area (Å²) in [6.07, 6.45) is 1.65. The van der Waals surface area contributed by atoms with Crippen LogP contribution in [0.1, 0.15) is 5.56 Å². The Bertz CT molecular complexity index is 1360. The van der Waals surface area contributed by atoms with E-state index in [1.807, 2.05) is 23.9 Å². The van der Waals surface area contributed by atoms with Crippen molar-refractivity contribution >= 4 is 45.3 Å². The summed E-state index contributed by atoms with van der Waals surface area (Å²) in [4.78, 5) is 23.2. The molecule has 36 heavy (non-hydrogen) atoms. The summed E-state index contributed by atoms with van der Waals surface area (Å²) in [5.74, 6) is 1.98. The van der Waals surface area contributed by atoms with E-state index < -0.39 is 27.4 Å². The van der Waals surface area contributed by atoms with Crippen molar-refractivity contribution < 1.29 is 22.9 Å². The summed E-state index contributed by atoms with van der Waals surface area (Å²) in [5, 5.41) is 15.1. The largest absolute Gasteiger partial charge is 0.489 e. The first-order valence-electron chi connectivity index (χ1n) is 10.8. The second-order valence-electron chi connectivity index (χ2n) is 7.74. The van der Waals surface area contributed by atoms with Crippen molar-refractivity contribution in [3.05, 3.63) is 94.5 Å². The zero-order valence-corrected chi connectivity index (χ0v) is 20.5. The molecule has 1 amide bonds. The van der Waals surface area contributed by atoms with E-state index in [1.165, 1.54) is 36.5 Å². The number of thioether (sulfide) groups is 1. The van der Waals surface area contributed by atoms with Crippen molar-refractivity contribution in [1.82, 2.24) is 5.43 Å². The van der Waals surface area contributed by atoms with Crippen molar-refractivity contribution in [3.63, 3.8) is 0 Å². The van der Waals surface area contributed by atoms with Gasteiger partial charge in [0.05, 0.1) is 21.7 Å². The van der Waals surface area contributed by atoms with Crippen LogP contribution in [0, 0.1) is 10.1 Å². The number of anilines is 1. The summed E-state index contributed by atoms with van der Waals surface area (Å²) in [5.41, 5.74) is 2.70. The average Bonchev–Trinajstić information content (AvgIpc) is 2.86. The van der Waals surface area contributed by atoms with E-state index in [-0.39, 0.29) is 22.4 Å². The van der Waals surface area contributed by atoms with E-state index >= 15 is 0 Å². The molecule has 10 nitrogen and oxygen atoms in total. The normalized spacial score (nSPS) is 13.7. The first-order valence-corrected chi connectivity index (χ1v) is 13.4. The molecule has 3 aromatic rings. The van der Waals surface area contributed by atoms with Crippen LogP contribution in [-0.2, 0) is 14.8 Å². The molecule has 186 valence electrons.